The zero-order valence-corrected chi connectivity index (χ0v) is 11.3. The van der Waals surface area contributed by atoms with Gasteiger partial charge in [0.15, 0.2) is 0 Å². The maximum atomic E-state index is 3.54. The molecule has 11 heavy (non-hydrogen) atoms. The van der Waals surface area contributed by atoms with Gasteiger partial charge in [-0.3, -0.25) is 0 Å². The Morgan fingerprint density at radius 1 is 1.45 bits per heavy atom. The van der Waals surface area contributed by atoms with E-state index in [-0.39, 0.29) is 0 Å². The molecule has 0 fully saturated rings. The van der Waals surface area contributed by atoms with Gasteiger partial charge in [-0.1, -0.05) is 28.1 Å². The van der Waals surface area contributed by atoms with E-state index >= 15 is 0 Å². The van der Waals surface area contributed by atoms with Crippen molar-refractivity contribution in [3.05, 3.63) is 31.3 Å². The summed E-state index contributed by atoms with van der Waals surface area (Å²) in [5.74, 6) is 0. The fraction of sp³-hybridized carbons (Fsp3) is 0.250. The van der Waals surface area contributed by atoms with Crippen molar-refractivity contribution in [1.82, 2.24) is 0 Å². The molecule has 0 heterocycles. The number of halogens is 3. The minimum Gasteiger partial charge on any atom is -0.0876 e. The molecule has 0 aromatic heterocycles. The Morgan fingerprint density at radius 3 is 2.64 bits per heavy atom. The Morgan fingerprint density at radius 2 is 2.09 bits per heavy atom. The molecule has 1 rings (SSSR count). The van der Waals surface area contributed by atoms with Gasteiger partial charge in [0.2, 0.25) is 0 Å². The highest BCUT2D eigenvalue weighted by Crippen LogP contribution is 2.27. The summed E-state index contributed by atoms with van der Waals surface area (Å²) in [5, 5.41) is 0.921. The van der Waals surface area contributed by atoms with Gasteiger partial charge in [0.25, 0.3) is 0 Å². The summed E-state index contributed by atoms with van der Waals surface area (Å²) >= 11 is 9.34. The third-order valence-corrected chi connectivity index (χ3v) is 5.10. The highest BCUT2D eigenvalue weighted by molar-refractivity contribution is 14.1. The first-order valence-corrected chi connectivity index (χ1v) is 6.15. The summed E-state index contributed by atoms with van der Waals surface area (Å²) in [5.41, 5.74) is 2.63. The van der Waals surface area contributed by atoms with Crippen LogP contribution in [0.2, 0.25) is 0 Å². The van der Waals surface area contributed by atoms with E-state index in [1.807, 2.05) is 0 Å². The second kappa shape index (κ2) is 4.23. The summed E-state index contributed by atoms with van der Waals surface area (Å²) in [4.78, 5) is 0. The van der Waals surface area contributed by atoms with Crippen molar-refractivity contribution < 1.29 is 0 Å². The predicted molar refractivity (Wildman–Crippen MR) is 64.2 cm³/mol. The molecule has 0 radical (unpaired) electrons. The number of alkyl halides is 1. The molecule has 0 bridgehead atoms. The predicted octanol–water partition coefficient (Wildman–Crippen LogP) is 4.26. The van der Waals surface area contributed by atoms with Crippen molar-refractivity contribution in [1.29, 1.82) is 0 Å². The minimum absolute atomic E-state index is 0.921. The normalized spacial score (nSPS) is 10.2. The van der Waals surface area contributed by atoms with Crippen LogP contribution in [0.15, 0.2) is 16.6 Å². The lowest BCUT2D eigenvalue weighted by Crippen LogP contribution is -1.87. The van der Waals surface area contributed by atoms with E-state index in [2.05, 4.69) is 73.5 Å². The molecule has 0 saturated carbocycles. The van der Waals surface area contributed by atoms with Crippen LogP contribution in [-0.4, -0.2) is 0 Å². The highest BCUT2D eigenvalue weighted by Gasteiger charge is 2.04. The van der Waals surface area contributed by atoms with Gasteiger partial charge in [0.1, 0.15) is 0 Å². The number of aryl methyl sites for hydroxylation is 1. The van der Waals surface area contributed by atoms with Crippen LogP contribution < -0.4 is 0 Å². The molecule has 0 unspecified atom stereocenters. The molecule has 0 aliphatic rings. The van der Waals surface area contributed by atoms with E-state index in [1.54, 1.807) is 0 Å². The zero-order chi connectivity index (χ0) is 8.43. The Hall–Kier alpha value is 0.910. The number of benzene rings is 1. The second-order valence-corrected chi connectivity index (χ2v) is 4.74. The monoisotopic (exact) mass is 388 g/mol. The first kappa shape index (κ1) is 9.99. The third kappa shape index (κ3) is 2.18. The first-order chi connectivity index (χ1) is 5.16. The largest absolute Gasteiger partial charge is 0.0876 e. The fourth-order valence-electron chi connectivity index (χ4n) is 0.789. The van der Waals surface area contributed by atoms with E-state index in [9.17, 15) is 0 Å². The molecule has 0 aliphatic heterocycles. The van der Waals surface area contributed by atoms with Crippen molar-refractivity contribution in [3.8, 4) is 0 Å². The zero-order valence-electron chi connectivity index (χ0n) is 6.00. The minimum atomic E-state index is 0.921. The molecule has 0 amide bonds. The maximum absolute atomic E-state index is 3.54. The molecule has 3 heteroatoms. The van der Waals surface area contributed by atoms with E-state index in [4.69, 9.17) is 0 Å². The summed E-state index contributed by atoms with van der Waals surface area (Å²) in [7, 11) is 0. The van der Waals surface area contributed by atoms with Crippen LogP contribution in [0.25, 0.3) is 0 Å². The Labute approximate surface area is 97.2 Å². The smallest absolute Gasteiger partial charge is 0.0341 e. The van der Waals surface area contributed by atoms with E-state index in [0.29, 0.717) is 0 Å². The Balaban J connectivity index is 3.25. The van der Waals surface area contributed by atoms with Gasteiger partial charge in [-0.2, -0.15) is 0 Å². The topological polar surface area (TPSA) is 0 Å². The van der Waals surface area contributed by atoms with Gasteiger partial charge in [-0.05, 0) is 56.6 Å². The fourth-order valence-corrected chi connectivity index (χ4v) is 2.96. The van der Waals surface area contributed by atoms with Crippen LogP contribution in [-0.2, 0) is 5.33 Å². The van der Waals surface area contributed by atoms with Gasteiger partial charge in [0, 0.05) is 13.4 Å². The molecule has 0 nitrogen and oxygen atoms in total. The van der Waals surface area contributed by atoms with E-state index < -0.39 is 0 Å². The lowest BCUT2D eigenvalue weighted by atomic mass is 10.2. The van der Waals surface area contributed by atoms with Crippen molar-refractivity contribution in [2.45, 2.75) is 12.3 Å². The summed E-state index contributed by atoms with van der Waals surface area (Å²) in [6.07, 6.45) is 0. The molecule has 0 spiro atoms. The van der Waals surface area contributed by atoms with E-state index in [0.717, 1.165) is 5.33 Å². The van der Waals surface area contributed by atoms with Crippen molar-refractivity contribution >= 4 is 54.5 Å². The van der Waals surface area contributed by atoms with Crippen LogP contribution in [0.5, 0.6) is 0 Å². The molecule has 0 saturated heterocycles. The number of hydrogen-bond donors (Lipinski definition) is 0. The van der Waals surface area contributed by atoms with Gasteiger partial charge in [-0.15, -0.1) is 0 Å². The molecule has 0 atom stereocenters. The number of hydrogen-bond acceptors (Lipinski definition) is 0. The lowest BCUT2D eigenvalue weighted by Gasteiger charge is -2.04. The summed E-state index contributed by atoms with van der Waals surface area (Å²) in [6.45, 7) is 2.10. The van der Waals surface area contributed by atoms with Crippen molar-refractivity contribution in [2.24, 2.45) is 0 Å². The molecular formula is C8H7Br2I. The van der Waals surface area contributed by atoms with Crippen LogP contribution >= 0.6 is 54.5 Å². The first-order valence-electron chi connectivity index (χ1n) is 3.16. The van der Waals surface area contributed by atoms with Crippen LogP contribution in [0.1, 0.15) is 11.1 Å². The number of rotatable bonds is 1. The quantitative estimate of drug-likeness (QED) is 0.497. The average molecular weight is 390 g/mol. The second-order valence-electron chi connectivity index (χ2n) is 2.30. The van der Waals surface area contributed by atoms with Gasteiger partial charge >= 0.3 is 0 Å². The summed E-state index contributed by atoms with van der Waals surface area (Å²) < 4.78 is 2.52. The molecule has 1 aromatic carbocycles. The van der Waals surface area contributed by atoms with Crippen molar-refractivity contribution in [2.75, 3.05) is 0 Å². The van der Waals surface area contributed by atoms with Gasteiger partial charge in [-0.25, -0.2) is 0 Å². The maximum Gasteiger partial charge on any atom is 0.0341 e. The Bertz CT molecular complexity index is 271. The molecule has 0 aliphatic carbocycles. The third-order valence-electron chi connectivity index (χ3n) is 1.50. The average Bonchev–Trinajstić information content (AvgIpc) is 2.01. The molecule has 1 aromatic rings. The highest BCUT2D eigenvalue weighted by atomic mass is 127. The summed E-state index contributed by atoms with van der Waals surface area (Å²) in [6, 6.07) is 4.28. The standard InChI is InChI=1S/C8H7Br2I/c1-5-2-3-6(4-9)8(11)7(5)10/h2-3H,4H2,1H3. The van der Waals surface area contributed by atoms with Crippen LogP contribution in [0.4, 0.5) is 0 Å². The van der Waals surface area contributed by atoms with Gasteiger partial charge < -0.3 is 0 Å². The van der Waals surface area contributed by atoms with E-state index in [1.165, 1.54) is 19.2 Å². The lowest BCUT2D eigenvalue weighted by molar-refractivity contribution is 1.31. The SMILES string of the molecule is Cc1ccc(CBr)c(I)c1Br. The molecule has 60 valence electrons. The Kier molecular flexibility index (Phi) is 3.85. The molecular weight excluding hydrogens is 383 g/mol. The van der Waals surface area contributed by atoms with Gasteiger partial charge in [0.05, 0.1) is 0 Å². The van der Waals surface area contributed by atoms with Crippen LogP contribution in [0, 0.1) is 10.5 Å². The van der Waals surface area contributed by atoms with Crippen LogP contribution in [0.3, 0.4) is 0 Å². The molecule has 0 N–H and O–H groups in total. The van der Waals surface area contributed by atoms with Crippen molar-refractivity contribution in [3.63, 3.8) is 0 Å².